The summed E-state index contributed by atoms with van der Waals surface area (Å²) in [5.41, 5.74) is 0.881. The number of benzene rings is 2. The van der Waals surface area contributed by atoms with Gasteiger partial charge in [-0.2, -0.15) is 0 Å². The summed E-state index contributed by atoms with van der Waals surface area (Å²) in [5, 5.41) is 1.01. The Morgan fingerprint density at radius 1 is 1.17 bits per heavy atom. The number of para-hydroxylation sites is 1. The van der Waals surface area contributed by atoms with Crippen molar-refractivity contribution in [1.82, 2.24) is 4.98 Å². The molecule has 0 N–H and O–H groups in total. The van der Waals surface area contributed by atoms with Crippen LogP contribution < -0.4 is 4.74 Å². The quantitative estimate of drug-likeness (QED) is 0.674. The van der Waals surface area contributed by atoms with Crippen LogP contribution in [0.3, 0.4) is 0 Å². The predicted molar refractivity (Wildman–Crippen MR) is 70.8 cm³/mol. The largest absolute Gasteiger partial charge is 0.454 e. The number of aromatic nitrogens is 1. The Morgan fingerprint density at radius 3 is 2.83 bits per heavy atom. The molecule has 0 bridgehead atoms. The number of fused-ring (bicyclic) bond motifs is 1. The molecule has 2 nitrogen and oxygen atoms in total. The van der Waals surface area contributed by atoms with Crippen LogP contribution in [0.1, 0.15) is 5.01 Å². The number of ether oxygens (including phenoxy) is 1. The van der Waals surface area contributed by atoms with Crippen molar-refractivity contribution >= 4 is 21.6 Å². The van der Waals surface area contributed by atoms with Crippen molar-refractivity contribution in [2.75, 3.05) is 0 Å². The lowest BCUT2D eigenvalue weighted by Crippen LogP contribution is -1.87. The second-order valence-corrected chi connectivity index (χ2v) is 5.13. The lowest BCUT2D eigenvalue weighted by Gasteiger charge is -2.05. The van der Waals surface area contributed by atoms with Crippen molar-refractivity contribution in [2.24, 2.45) is 0 Å². The molecule has 3 aromatic rings. The van der Waals surface area contributed by atoms with Gasteiger partial charge >= 0.3 is 0 Å². The van der Waals surface area contributed by atoms with E-state index in [1.807, 2.05) is 25.1 Å². The fourth-order valence-corrected chi connectivity index (χ4v) is 2.55. The van der Waals surface area contributed by atoms with Gasteiger partial charge in [-0.05, 0) is 31.2 Å². The highest BCUT2D eigenvalue weighted by molar-refractivity contribution is 7.18. The first kappa shape index (κ1) is 11.2. The first-order chi connectivity index (χ1) is 8.72. The molecule has 0 spiro atoms. The molecule has 0 fully saturated rings. The summed E-state index contributed by atoms with van der Waals surface area (Å²) in [7, 11) is 0. The maximum Gasteiger partial charge on any atom is 0.165 e. The Bertz CT molecular complexity index is 708. The molecule has 0 radical (unpaired) electrons. The highest BCUT2D eigenvalue weighted by Gasteiger charge is 2.06. The van der Waals surface area contributed by atoms with Gasteiger partial charge in [-0.25, -0.2) is 9.37 Å². The molecule has 0 saturated heterocycles. The van der Waals surface area contributed by atoms with Crippen molar-refractivity contribution in [3.05, 3.63) is 53.3 Å². The van der Waals surface area contributed by atoms with Crippen LogP contribution in [0, 0.1) is 12.7 Å². The van der Waals surface area contributed by atoms with E-state index >= 15 is 0 Å². The average Bonchev–Trinajstić information content (AvgIpc) is 2.71. The van der Waals surface area contributed by atoms with Gasteiger partial charge in [-0.15, -0.1) is 11.3 Å². The summed E-state index contributed by atoms with van der Waals surface area (Å²) >= 11 is 1.63. The number of nitrogens with zero attached hydrogens (tertiary/aromatic N) is 1. The van der Waals surface area contributed by atoms with Gasteiger partial charge in [0.15, 0.2) is 11.6 Å². The molecular formula is C14H10FNOS. The Hall–Kier alpha value is -1.94. The van der Waals surface area contributed by atoms with E-state index in [4.69, 9.17) is 4.74 Å². The van der Waals surface area contributed by atoms with Gasteiger partial charge in [0.05, 0.1) is 15.2 Å². The van der Waals surface area contributed by atoms with Crippen LogP contribution >= 0.6 is 11.3 Å². The molecule has 90 valence electrons. The number of hydrogen-bond donors (Lipinski definition) is 0. The van der Waals surface area contributed by atoms with Crippen LogP contribution in [-0.4, -0.2) is 4.98 Å². The Balaban J connectivity index is 1.97. The summed E-state index contributed by atoms with van der Waals surface area (Å²) in [6.07, 6.45) is 0. The van der Waals surface area contributed by atoms with Gasteiger partial charge in [-0.3, -0.25) is 0 Å². The minimum atomic E-state index is -0.368. The zero-order valence-corrected chi connectivity index (χ0v) is 10.5. The zero-order chi connectivity index (χ0) is 12.5. The van der Waals surface area contributed by atoms with Gasteiger partial charge in [0.1, 0.15) is 5.75 Å². The number of thiazole rings is 1. The van der Waals surface area contributed by atoms with Crippen LogP contribution in [0.2, 0.25) is 0 Å². The lowest BCUT2D eigenvalue weighted by atomic mass is 10.3. The zero-order valence-electron chi connectivity index (χ0n) is 9.68. The molecular weight excluding hydrogens is 249 g/mol. The van der Waals surface area contributed by atoms with E-state index in [1.54, 1.807) is 29.5 Å². The van der Waals surface area contributed by atoms with E-state index in [-0.39, 0.29) is 11.6 Å². The van der Waals surface area contributed by atoms with E-state index in [2.05, 4.69) is 4.98 Å². The first-order valence-corrected chi connectivity index (χ1v) is 6.33. The van der Waals surface area contributed by atoms with Crippen LogP contribution in [0.15, 0.2) is 42.5 Å². The minimum absolute atomic E-state index is 0.226. The van der Waals surface area contributed by atoms with E-state index < -0.39 is 0 Å². The molecule has 0 aliphatic carbocycles. The van der Waals surface area contributed by atoms with E-state index in [0.717, 1.165) is 15.2 Å². The van der Waals surface area contributed by atoms with Gasteiger partial charge in [0.2, 0.25) is 0 Å². The monoisotopic (exact) mass is 259 g/mol. The standard InChI is InChI=1S/C14H10FNOS/c1-9-16-12-8-10(6-7-14(12)18-9)17-13-5-3-2-4-11(13)15/h2-8H,1H3. The van der Waals surface area contributed by atoms with Gasteiger partial charge < -0.3 is 4.74 Å². The summed E-state index contributed by atoms with van der Waals surface area (Å²) in [6.45, 7) is 1.96. The third kappa shape index (κ3) is 2.07. The molecule has 0 unspecified atom stereocenters. The molecule has 0 amide bonds. The Morgan fingerprint density at radius 2 is 2.00 bits per heavy atom. The van der Waals surface area contributed by atoms with Crippen molar-refractivity contribution in [1.29, 1.82) is 0 Å². The van der Waals surface area contributed by atoms with Crippen LogP contribution in [0.5, 0.6) is 11.5 Å². The van der Waals surface area contributed by atoms with Crippen molar-refractivity contribution < 1.29 is 9.13 Å². The predicted octanol–water partition coefficient (Wildman–Crippen LogP) is 4.54. The van der Waals surface area contributed by atoms with Crippen LogP contribution in [0.25, 0.3) is 10.2 Å². The van der Waals surface area contributed by atoms with Crippen molar-refractivity contribution in [3.8, 4) is 11.5 Å². The lowest BCUT2D eigenvalue weighted by molar-refractivity contribution is 0.443. The smallest absolute Gasteiger partial charge is 0.165 e. The molecule has 2 aromatic carbocycles. The summed E-state index contributed by atoms with van der Waals surface area (Å²) in [4.78, 5) is 4.38. The molecule has 18 heavy (non-hydrogen) atoms. The first-order valence-electron chi connectivity index (χ1n) is 5.52. The average molecular weight is 259 g/mol. The highest BCUT2D eigenvalue weighted by Crippen LogP contribution is 2.29. The second kappa shape index (κ2) is 4.38. The third-order valence-electron chi connectivity index (χ3n) is 2.53. The van der Waals surface area contributed by atoms with Crippen LogP contribution in [0.4, 0.5) is 4.39 Å². The third-order valence-corrected chi connectivity index (χ3v) is 3.48. The molecule has 0 aliphatic rings. The summed E-state index contributed by atoms with van der Waals surface area (Å²) in [6, 6.07) is 11.9. The SMILES string of the molecule is Cc1nc2cc(Oc3ccccc3F)ccc2s1. The topological polar surface area (TPSA) is 22.1 Å². The molecule has 4 heteroatoms. The highest BCUT2D eigenvalue weighted by atomic mass is 32.1. The van der Waals surface area contributed by atoms with E-state index in [1.165, 1.54) is 6.07 Å². The number of halogens is 1. The minimum Gasteiger partial charge on any atom is -0.454 e. The van der Waals surface area contributed by atoms with E-state index in [9.17, 15) is 4.39 Å². The summed E-state index contributed by atoms with van der Waals surface area (Å²) < 4.78 is 20.1. The molecule has 0 saturated carbocycles. The van der Waals surface area contributed by atoms with Gasteiger partial charge in [0.25, 0.3) is 0 Å². The Labute approximate surface area is 108 Å². The van der Waals surface area contributed by atoms with Gasteiger partial charge in [-0.1, -0.05) is 12.1 Å². The fraction of sp³-hybridized carbons (Fsp3) is 0.0714. The Kier molecular flexibility index (Phi) is 2.72. The normalized spacial score (nSPS) is 10.8. The number of hydrogen-bond acceptors (Lipinski definition) is 3. The second-order valence-electron chi connectivity index (χ2n) is 3.89. The number of rotatable bonds is 2. The maximum absolute atomic E-state index is 13.5. The molecule has 1 aromatic heterocycles. The molecule has 0 aliphatic heterocycles. The fourth-order valence-electron chi connectivity index (χ4n) is 1.74. The van der Waals surface area contributed by atoms with Gasteiger partial charge in [0, 0.05) is 6.07 Å². The molecule has 0 atom stereocenters. The van der Waals surface area contributed by atoms with Crippen LogP contribution in [-0.2, 0) is 0 Å². The van der Waals surface area contributed by atoms with Crippen molar-refractivity contribution in [2.45, 2.75) is 6.92 Å². The number of aryl methyl sites for hydroxylation is 1. The van der Waals surface area contributed by atoms with Crippen molar-refractivity contribution in [3.63, 3.8) is 0 Å². The van der Waals surface area contributed by atoms with E-state index in [0.29, 0.717) is 5.75 Å². The molecule has 1 heterocycles. The maximum atomic E-state index is 13.5. The molecule has 3 rings (SSSR count). The summed E-state index contributed by atoms with van der Waals surface area (Å²) in [5.74, 6) is 0.453.